The Morgan fingerprint density at radius 2 is 1.77 bits per heavy atom. The summed E-state index contributed by atoms with van der Waals surface area (Å²) in [7, 11) is 0. The van der Waals surface area contributed by atoms with E-state index in [0.29, 0.717) is 18.4 Å². The summed E-state index contributed by atoms with van der Waals surface area (Å²) in [5, 5.41) is 9.02. The zero-order chi connectivity index (χ0) is 18.5. The van der Waals surface area contributed by atoms with Crippen LogP contribution in [0.5, 0.6) is 0 Å². The van der Waals surface area contributed by atoms with Gasteiger partial charge in [-0.2, -0.15) is 0 Å². The molecule has 3 heterocycles. The summed E-state index contributed by atoms with van der Waals surface area (Å²) >= 11 is 0. The Bertz CT molecular complexity index is 580. The first kappa shape index (κ1) is 18.9. The molecule has 2 aliphatic heterocycles. The lowest BCUT2D eigenvalue weighted by Crippen LogP contribution is -2.49. The van der Waals surface area contributed by atoms with E-state index in [1.54, 1.807) is 0 Å². The summed E-state index contributed by atoms with van der Waals surface area (Å²) in [6.45, 7) is 10.7. The Morgan fingerprint density at radius 3 is 2.38 bits per heavy atom. The number of carbonyl (C=O) groups excluding carboxylic acids is 1. The fourth-order valence-electron chi connectivity index (χ4n) is 4.03. The maximum atomic E-state index is 12.2. The molecule has 1 atom stereocenters. The fourth-order valence-corrected chi connectivity index (χ4v) is 4.03. The van der Waals surface area contributed by atoms with Gasteiger partial charge in [-0.05, 0) is 43.7 Å². The number of nitrogens with zero attached hydrogens (tertiary/aromatic N) is 5. The Labute approximate surface area is 157 Å². The highest BCUT2D eigenvalue weighted by atomic mass is 16.2. The molecule has 144 valence electrons. The summed E-state index contributed by atoms with van der Waals surface area (Å²) in [5.74, 6) is 2.62. The van der Waals surface area contributed by atoms with Crippen LogP contribution in [-0.2, 0) is 4.79 Å². The van der Waals surface area contributed by atoms with Crippen molar-refractivity contribution in [1.29, 1.82) is 0 Å². The lowest BCUT2D eigenvalue weighted by molar-refractivity contribution is -0.132. The van der Waals surface area contributed by atoms with E-state index >= 15 is 0 Å². The lowest BCUT2D eigenvalue weighted by atomic mass is 10.0. The van der Waals surface area contributed by atoms with Gasteiger partial charge < -0.3 is 14.7 Å². The van der Waals surface area contributed by atoms with Gasteiger partial charge in [-0.3, -0.25) is 4.79 Å². The number of carbonyl (C=O) groups is 1. The predicted molar refractivity (Wildman–Crippen MR) is 106 cm³/mol. The third-order valence-electron chi connectivity index (χ3n) is 5.57. The van der Waals surface area contributed by atoms with Crippen LogP contribution in [0.4, 0.5) is 11.6 Å². The number of rotatable bonds is 5. The van der Waals surface area contributed by atoms with E-state index in [2.05, 4.69) is 52.9 Å². The summed E-state index contributed by atoms with van der Waals surface area (Å²) < 4.78 is 0. The van der Waals surface area contributed by atoms with E-state index < -0.39 is 0 Å². The monoisotopic (exact) mass is 359 g/mol. The Hall–Kier alpha value is -1.85. The smallest absolute Gasteiger partial charge is 0.222 e. The zero-order valence-electron chi connectivity index (χ0n) is 16.5. The molecule has 0 spiro atoms. The molecular formula is C20H33N5O. The van der Waals surface area contributed by atoms with Crippen molar-refractivity contribution in [2.75, 3.05) is 42.5 Å². The molecule has 0 aromatic carbocycles. The third kappa shape index (κ3) is 4.46. The normalized spacial score (nSPS) is 21.4. The molecule has 2 aliphatic rings. The predicted octanol–water partition coefficient (Wildman–Crippen LogP) is 2.94. The first-order valence-corrected chi connectivity index (χ1v) is 10.2. The van der Waals surface area contributed by atoms with Gasteiger partial charge in [-0.25, -0.2) is 0 Å². The van der Waals surface area contributed by atoms with Gasteiger partial charge in [-0.15, -0.1) is 10.2 Å². The van der Waals surface area contributed by atoms with E-state index in [1.165, 1.54) is 19.3 Å². The summed E-state index contributed by atoms with van der Waals surface area (Å²) in [5.41, 5.74) is 0. The van der Waals surface area contributed by atoms with Crippen LogP contribution in [0.3, 0.4) is 0 Å². The molecule has 0 radical (unpaired) electrons. The molecule has 1 aromatic heterocycles. The molecule has 3 rings (SSSR count). The van der Waals surface area contributed by atoms with Crippen molar-refractivity contribution in [3.05, 3.63) is 12.1 Å². The Kier molecular flexibility index (Phi) is 6.33. The minimum atomic E-state index is 0.275. The SMILES string of the molecule is CCC1CCCCN1c1ccc(N2CCN(C(=O)CC(C)C)CC2)nn1. The van der Waals surface area contributed by atoms with E-state index in [4.69, 9.17) is 0 Å². The van der Waals surface area contributed by atoms with Crippen LogP contribution in [0.2, 0.25) is 0 Å². The summed E-state index contributed by atoms with van der Waals surface area (Å²) in [6, 6.07) is 4.81. The van der Waals surface area contributed by atoms with Gasteiger partial charge in [0, 0.05) is 45.2 Å². The molecule has 1 aromatic rings. The number of hydrogen-bond acceptors (Lipinski definition) is 5. The molecule has 0 aliphatic carbocycles. The summed E-state index contributed by atoms with van der Waals surface area (Å²) in [6.07, 6.45) is 5.62. The second-order valence-corrected chi connectivity index (χ2v) is 7.97. The van der Waals surface area contributed by atoms with Crippen LogP contribution < -0.4 is 9.80 Å². The molecule has 0 N–H and O–H groups in total. The minimum Gasteiger partial charge on any atom is -0.352 e. The van der Waals surface area contributed by atoms with Gasteiger partial charge in [0.05, 0.1) is 0 Å². The number of anilines is 2. The van der Waals surface area contributed by atoms with Crippen molar-refractivity contribution in [3.8, 4) is 0 Å². The molecular weight excluding hydrogens is 326 g/mol. The van der Waals surface area contributed by atoms with Gasteiger partial charge in [0.1, 0.15) is 0 Å². The summed E-state index contributed by atoms with van der Waals surface area (Å²) in [4.78, 5) is 18.8. The van der Waals surface area contributed by atoms with Crippen LogP contribution in [-0.4, -0.2) is 59.8 Å². The van der Waals surface area contributed by atoms with E-state index in [-0.39, 0.29) is 5.91 Å². The minimum absolute atomic E-state index is 0.275. The van der Waals surface area contributed by atoms with E-state index in [1.807, 2.05) is 4.90 Å². The number of piperidine rings is 1. The highest BCUT2D eigenvalue weighted by Gasteiger charge is 2.24. The van der Waals surface area contributed by atoms with Crippen LogP contribution in [0.1, 0.15) is 52.9 Å². The zero-order valence-corrected chi connectivity index (χ0v) is 16.5. The number of piperazine rings is 1. The fraction of sp³-hybridized carbons (Fsp3) is 0.750. The van der Waals surface area contributed by atoms with Crippen LogP contribution in [0.25, 0.3) is 0 Å². The molecule has 1 unspecified atom stereocenters. The van der Waals surface area contributed by atoms with E-state index in [9.17, 15) is 4.79 Å². The maximum absolute atomic E-state index is 12.2. The molecule has 0 bridgehead atoms. The molecule has 0 saturated carbocycles. The average Bonchev–Trinajstić information content (AvgIpc) is 2.67. The second kappa shape index (κ2) is 8.69. The number of amides is 1. The highest BCUT2D eigenvalue weighted by molar-refractivity contribution is 5.76. The van der Waals surface area contributed by atoms with Crippen LogP contribution in [0, 0.1) is 5.92 Å². The van der Waals surface area contributed by atoms with Gasteiger partial charge in [0.25, 0.3) is 0 Å². The van der Waals surface area contributed by atoms with Crippen LogP contribution >= 0.6 is 0 Å². The van der Waals surface area contributed by atoms with Gasteiger partial charge in [0.15, 0.2) is 11.6 Å². The van der Waals surface area contributed by atoms with Crippen molar-refractivity contribution in [1.82, 2.24) is 15.1 Å². The van der Waals surface area contributed by atoms with Gasteiger partial charge in [-0.1, -0.05) is 20.8 Å². The van der Waals surface area contributed by atoms with Gasteiger partial charge in [0.2, 0.25) is 5.91 Å². The van der Waals surface area contributed by atoms with Gasteiger partial charge >= 0.3 is 0 Å². The Morgan fingerprint density at radius 1 is 1.08 bits per heavy atom. The standard InChI is InChI=1S/C20H33N5O/c1-4-17-7-5-6-10-25(17)19-9-8-18(21-22-19)23-11-13-24(14-12-23)20(26)15-16(2)3/h8-9,16-17H,4-7,10-15H2,1-3H3. The molecule has 2 fully saturated rings. The lowest BCUT2D eigenvalue weighted by Gasteiger charge is -2.37. The average molecular weight is 360 g/mol. The third-order valence-corrected chi connectivity index (χ3v) is 5.57. The topological polar surface area (TPSA) is 52.6 Å². The largest absolute Gasteiger partial charge is 0.352 e. The molecule has 6 nitrogen and oxygen atoms in total. The van der Waals surface area contributed by atoms with Crippen LogP contribution in [0.15, 0.2) is 12.1 Å². The maximum Gasteiger partial charge on any atom is 0.222 e. The highest BCUT2D eigenvalue weighted by Crippen LogP contribution is 2.25. The molecule has 2 saturated heterocycles. The number of hydrogen-bond donors (Lipinski definition) is 0. The molecule has 6 heteroatoms. The first-order valence-electron chi connectivity index (χ1n) is 10.2. The Balaban J connectivity index is 1.57. The van der Waals surface area contributed by atoms with Crippen molar-refractivity contribution in [2.45, 2.75) is 58.9 Å². The second-order valence-electron chi connectivity index (χ2n) is 7.97. The quantitative estimate of drug-likeness (QED) is 0.809. The first-order chi connectivity index (χ1) is 12.6. The van der Waals surface area contributed by atoms with E-state index in [0.717, 1.165) is 50.8 Å². The number of aromatic nitrogens is 2. The molecule has 1 amide bonds. The van der Waals surface area contributed by atoms with Crippen molar-refractivity contribution >= 4 is 17.5 Å². The molecule has 26 heavy (non-hydrogen) atoms. The van der Waals surface area contributed by atoms with Crippen molar-refractivity contribution < 1.29 is 4.79 Å². The van der Waals surface area contributed by atoms with Crippen molar-refractivity contribution in [3.63, 3.8) is 0 Å². The van der Waals surface area contributed by atoms with Crippen molar-refractivity contribution in [2.24, 2.45) is 5.92 Å².